The van der Waals surface area contributed by atoms with Crippen LogP contribution in [0.4, 0.5) is 11.6 Å². The zero-order chi connectivity index (χ0) is 18.5. The van der Waals surface area contributed by atoms with Gasteiger partial charge in [-0.25, -0.2) is 9.97 Å². The average molecular weight is 352 g/mol. The second-order valence-electron chi connectivity index (χ2n) is 6.91. The molecule has 26 heavy (non-hydrogen) atoms. The molecule has 0 spiro atoms. The van der Waals surface area contributed by atoms with Crippen LogP contribution < -0.4 is 10.2 Å². The van der Waals surface area contributed by atoms with Gasteiger partial charge in [-0.15, -0.1) is 0 Å². The SMILES string of the molecule is CCc1ccccc1NC(=O)c1cc(C)nc(N2CCCCC2CC)n1. The first-order chi connectivity index (χ1) is 12.6. The van der Waals surface area contributed by atoms with Gasteiger partial charge in [-0.05, 0) is 56.7 Å². The van der Waals surface area contributed by atoms with Gasteiger partial charge < -0.3 is 10.2 Å². The molecule has 1 aliphatic rings. The van der Waals surface area contributed by atoms with Crippen molar-refractivity contribution < 1.29 is 4.79 Å². The predicted molar refractivity (Wildman–Crippen MR) is 106 cm³/mol. The quantitative estimate of drug-likeness (QED) is 0.868. The maximum absolute atomic E-state index is 12.8. The number of para-hydroxylation sites is 1. The number of nitrogens with one attached hydrogen (secondary N) is 1. The molecule has 1 N–H and O–H groups in total. The van der Waals surface area contributed by atoms with E-state index in [0.717, 1.165) is 42.8 Å². The number of aryl methyl sites for hydroxylation is 2. The Bertz CT molecular complexity index is 774. The highest BCUT2D eigenvalue weighted by molar-refractivity contribution is 6.03. The van der Waals surface area contributed by atoms with Crippen molar-refractivity contribution in [3.63, 3.8) is 0 Å². The Hall–Kier alpha value is -2.43. The minimum Gasteiger partial charge on any atom is -0.338 e. The van der Waals surface area contributed by atoms with Gasteiger partial charge in [0.15, 0.2) is 0 Å². The van der Waals surface area contributed by atoms with Crippen molar-refractivity contribution in [3.05, 3.63) is 47.3 Å². The summed E-state index contributed by atoms with van der Waals surface area (Å²) in [5, 5.41) is 3.01. The summed E-state index contributed by atoms with van der Waals surface area (Å²) in [6.07, 6.45) is 5.51. The van der Waals surface area contributed by atoms with E-state index in [1.165, 1.54) is 12.8 Å². The van der Waals surface area contributed by atoms with E-state index >= 15 is 0 Å². The van der Waals surface area contributed by atoms with E-state index in [1.54, 1.807) is 6.07 Å². The molecule has 5 nitrogen and oxygen atoms in total. The summed E-state index contributed by atoms with van der Waals surface area (Å²) in [5.41, 5.74) is 3.22. The number of anilines is 2. The summed E-state index contributed by atoms with van der Waals surface area (Å²) in [7, 11) is 0. The number of aromatic nitrogens is 2. The van der Waals surface area contributed by atoms with Crippen LogP contribution in [-0.2, 0) is 6.42 Å². The van der Waals surface area contributed by atoms with Crippen molar-refractivity contribution in [2.75, 3.05) is 16.8 Å². The lowest BCUT2D eigenvalue weighted by Crippen LogP contribution is -2.40. The van der Waals surface area contributed by atoms with Crippen LogP contribution in [0.15, 0.2) is 30.3 Å². The van der Waals surface area contributed by atoms with Gasteiger partial charge in [0, 0.05) is 24.0 Å². The zero-order valence-electron chi connectivity index (χ0n) is 16.0. The third kappa shape index (κ3) is 4.03. The molecule has 3 rings (SSSR count). The fourth-order valence-electron chi connectivity index (χ4n) is 3.62. The number of hydrogen-bond donors (Lipinski definition) is 1. The molecule has 1 aromatic carbocycles. The fraction of sp³-hybridized carbons (Fsp3) is 0.476. The molecule has 0 bridgehead atoms. The fourth-order valence-corrected chi connectivity index (χ4v) is 3.62. The lowest BCUT2D eigenvalue weighted by atomic mass is 10.0. The minimum atomic E-state index is -0.178. The Morgan fingerprint density at radius 2 is 2.04 bits per heavy atom. The molecule has 1 unspecified atom stereocenters. The van der Waals surface area contributed by atoms with Crippen LogP contribution in [0.1, 0.15) is 61.3 Å². The van der Waals surface area contributed by atoms with Crippen LogP contribution >= 0.6 is 0 Å². The van der Waals surface area contributed by atoms with Gasteiger partial charge >= 0.3 is 0 Å². The van der Waals surface area contributed by atoms with Gasteiger partial charge in [0.2, 0.25) is 5.95 Å². The highest BCUT2D eigenvalue weighted by atomic mass is 16.1. The second kappa shape index (κ2) is 8.30. The molecule has 2 aromatic rings. The number of hydrogen-bond acceptors (Lipinski definition) is 4. The summed E-state index contributed by atoms with van der Waals surface area (Å²) >= 11 is 0. The van der Waals surface area contributed by atoms with E-state index in [2.05, 4.69) is 34.0 Å². The van der Waals surface area contributed by atoms with Gasteiger partial charge in [0.05, 0.1) is 0 Å². The number of piperidine rings is 1. The van der Waals surface area contributed by atoms with E-state index in [9.17, 15) is 4.79 Å². The van der Waals surface area contributed by atoms with Crippen molar-refractivity contribution in [2.45, 2.75) is 58.9 Å². The number of amides is 1. The Kier molecular flexibility index (Phi) is 5.86. The van der Waals surface area contributed by atoms with E-state index in [1.807, 2.05) is 31.2 Å². The van der Waals surface area contributed by atoms with Gasteiger partial charge in [-0.1, -0.05) is 32.0 Å². The molecule has 138 valence electrons. The smallest absolute Gasteiger partial charge is 0.274 e. The first kappa shape index (κ1) is 18.4. The van der Waals surface area contributed by atoms with Crippen LogP contribution in [0.3, 0.4) is 0 Å². The Balaban J connectivity index is 1.86. The highest BCUT2D eigenvalue weighted by Crippen LogP contribution is 2.24. The molecule has 5 heteroatoms. The van der Waals surface area contributed by atoms with Crippen molar-refractivity contribution in [2.24, 2.45) is 0 Å². The van der Waals surface area contributed by atoms with Gasteiger partial charge in [0.1, 0.15) is 5.69 Å². The van der Waals surface area contributed by atoms with E-state index in [4.69, 9.17) is 0 Å². The minimum absolute atomic E-state index is 0.178. The molecule has 1 aliphatic heterocycles. The lowest BCUT2D eigenvalue weighted by molar-refractivity contribution is 0.102. The summed E-state index contributed by atoms with van der Waals surface area (Å²) in [5.74, 6) is 0.508. The van der Waals surface area contributed by atoms with Crippen molar-refractivity contribution in [1.82, 2.24) is 9.97 Å². The molecule has 1 aromatic heterocycles. The van der Waals surface area contributed by atoms with Crippen LogP contribution in [0.25, 0.3) is 0 Å². The normalized spacial score (nSPS) is 17.2. The topological polar surface area (TPSA) is 58.1 Å². The maximum atomic E-state index is 12.8. The number of benzene rings is 1. The predicted octanol–water partition coefficient (Wildman–Crippen LogP) is 4.37. The first-order valence-electron chi connectivity index (χ1n) is 9.64. The van der Waals surface area contributed by atoms with Crippen LogP contribution in [0.5, 0.6) is 0 Å². The number of nitrogens with zero attached hydrogens (tertiary/aromatic N) is 3. The Labute approximate surface area is 155 Å². The zero-order valence-corrected chi connectivity index (χ0v) is 16.0. The summed E-state index contributed by atoms with van der Waals surface area (Å²) in [4.78, 5) is 24.3. The Morgan fingerprint density at radius 3 is 2.81 bits per heavy atom. The maximum Gasteiger partial charge on any atom is 0.274 e. The molecule has 0 aliphatic carbocycles. The standard InChI is InChI=1S/C21H28N4O/c1-4-16-10-6-7-12-18(16)23-20(26)19-14-15(3)22-21(24-19)25-13-9-8-11-17(25)5-2/h6-7,10,12,14,17H,4-5,8-9,11,13H2,1-3H3,(H,23,26). The third-order valence-electron chi connectivity index (χ3n) is 5.08. The summed E-state index contributed by atoms with van der Waals surface area (Å²) in [6.45, 7) is 7.17. The largest absolute Gasteiger partial charge is 0.338 e. The van der Waals surface area contributed by atoms with Gasteiger partial charge in [0.25, 0.3) is 5.91 Å². The van der Waals surface area contributed by atoms with E-state index < -0.39 is 0 Å². The molecule has 1 atom stereocenters. The summed E-state index contributed by atoms with van der Waals surface area (Å²) < 4.78 is 0. The first-order valence-corrected chi connectivity index (χ1v) is 9.64. The third-order valence-corrected chi connectivity index (χ3v) is 5.08. The average Bonchev–Trinajstić information content (AvgIpc) is 2.67. The van der Waals surface area contributed by atoms with Crippen LogP contribution in [-0.4, -0.2) is 28.5 Å². The van der Waals surface area contributed by atoms with Crippen molar-refractivity contribution in [1.29, 1.82) is 0 Å². The molecular formula is C21H28N4O. The van der Waals surface area contributed by atoms with Crippen molar-refractivity contribution in [3.8, 4) is 0 Å². The van der Waals surface area contributed by atoms with E-state index in [0.29, 0.717) is 17.7 Å². The highest BCUT2D eigenvalue weighted by Gasteiger charge is 2.24. The molecule has 0 radical (unpaired) electrons. The molecule has 1 amide bonds. The number of carbonyl (C=O) groups is 1. The summed E-state index contributed by atoms with van der Waals surface area (Å²) in [6, 6.07) is 10.1. The lowest BCUT2D eigenvalue weighted by Gasteiger charge is -2.35. The number of rotatable bonds is 5. The molecule has 0 saturated carbocycles. The Morgan fingerprint density at radius 1 is 1.23 bits per heavy atom. The van der Waals surface area contributed by atoms with Crippen molar-refractivity contribution >= 4 is 17.5 Å². The van der Waals surface area contributed by atoms with Gasteiger partial charge in [-0.2, -0.15) is 0 Å². The monoisotopic (exact) mass is 352 g/mol. The van der Waals surface area contributed by atoms with Crippen LogP contribution in [0, 0.1) is 6.92 Å². The van der Waals surface area contributed by atoms with E-state index in [-0.39, 0.29) is 5.91 Å². The van der Waals surface area contributed by atoms with Gasteiger partial charge in [-0.3, -0.25) is 4.79 Å². The number of carbonyl (C=O) groups excluding carboxylic acids is 1. The second-order valence-corrected chi connectivity index (χ2v) is 6.91. The van der Waals surface area contributed by atoms with Crippen LogP contribution in [0.2, 0.25) is 0 Å². The molecule has 1 saturated heterocycles. The molecule has 2 heterocycles. The molecule has 1 fully saturated rings. The molecular weight excluding hydrogens is 324 g/mol.